The van der Waals surface area contributed by atoms with Gasteiger partial charge < -0.3 is 14.5 Å². The summed E-state index contributed by atoms with van der Waals surface area (Å²) in [6, 6.07) is 9.27. The Bertz CT molecular complexity index is 954. The Kier molecular flexibility index (Phi) is 6.48. The Labute approximate surface area is 169 Å². The van der Waals surface area contributed by atoms with E-state index < -0.39 is 17.2 Å². The van der Waals surface area contributed by atoms with E-state index in [4.69, 9.17) is 20.8 Å². The maximum Gasteiger partial charge on any atom is 0.277 e. The number of pyridine rings is 1. The summed E-state index contributed by atoms with van der Waals surface area (Å²) in [5.41, 5.74) is 0. The highest BCUT2D eigenvalue weighted by atomic mass is 35.5. The first-order chi connectivity index (χ1) is 13.4. The predicted octanol–water partition coefficient (Wildman–Crippen LogP) is 4.52. The van der Waals surface area contributed by atoms with Crippen LogP contribution in [0.4, 0.5) is 10.2 Å². The Morgan fingerprint density at radius 1 is 1.25 bits per heavy atom. The van der Waals surface area contributed by atoms with Gasteiger partial charge in [-0.15, -0.1) is 10.2 Å². The number of nitrogens with one attached hydrogen (secondary N) is 1. The third-order valence-corrected chi connectivity index (χ3v) is 4.69. The number of benzene rings is 1. The molecule has 2 heterocycles. The molecule has 3 rings (SSSR count). The standard InChI is InChI=1S/C18H16ClFN4O3S/c1-10(26-14-6-4-3-5-13(14)20)17-23-24-18(27-17)28-11(2)16(25)22-15-8-7-12(19)9-21-15/h3-11H,1-2H3,(H,21,22,25)/t10-,11+/m1/s1. The Morgan fingerprint density at radius 3 is 2.75 bits per heavy atom. The normalized spacial score (nSPS) is 13.0. The van der Waals surface area contributed by atoms with E-state index in [-0.39, 0.29) is 22.8 Å². The van der Waals surface area contributed by atoms with Gasteiger partial charge in [-0.05, 0) is 38.1 Å². The number of thioether (sulfide) groups is 1. The number of anilines is 1. The molecule has 0 aliphatic heterocycles. The first kappa shape index (κ1) is 20.1. The highest BCUT2D eigenvalue weighted by molar-refractivity contribution is 8.00. The lowest BCUT2D eigenvalue weighted by atomic mass is 10.3. The van der Waals surface area contributed by atoms with Crippen LogP contribution in [0.15, 0.2) is 52.2 Å². The number of ether oxygens (including phenoxy) is 1. The first-order valence-corrected chi connectivity index (χ1v) is 9.52. The molecule has 10 heteroatoms. The number of hydrogen-bond donors (Lipinski definition) is 1. The van der Waals surface area contributed by atoms with E-state index in [1.165, 1.54) is 18.3 Å². The van der Waals surface area contributed by atoms with Gasteiger partial charge in [-0.1, -0.05) is 35.5 Å². The van der Waals surface area contributed by atoms with Crippen LogP contribution in [-0.4, -0.2) is 26.3 Å². The molecule has 1 amide bonds. The van der Waals surface area contributed by atoms with E-state index >= 15 is 0 Å². The molecule has 0 spiro atoms. The Hall–Kier alpha value is -2.65. The second-order valence-corrected chi connectivity index (χ2v) is 7.44. The van der Waals surface area contributed by atoms with E-state index in [1.807, 2.05) is 0 Å². The lowest BCUT2D eigenvalue weighted by Crippen LogP contribution is -2.22. The van der Waals surface area contributed by atoms with Crippen molar-refractivity contribution in [3.8, 4) is 5.75 Å². The van der Waals surface area contributed by atoms with E-state index in [0.717, 1.165) is 11.8 Å². The van der Waals surface area contributed by atoms with Crippen LogP contribution in [0.3, 0.4) is 0 Å². The lowest BCUT2D eigenvalue weighted by Gasteiger charge is -2.11. The van der Waals surface area contributed by atoms with Crippen LogP contribution < -0.4 is 10.1 Å². The molecule has 0 saturated heterocycles. The fraction of sp³-hybridized carbons (Fsp3) is 0.222. The summed E-state index contributed by atoms with van der Waals surface area (Å²) >= 11 is 6.85. The van der Waals surface area contributed by atoms with Crippen LogP contribution in [0, 0.1) is 5.82 Å². The van der Waals surface area contributed by atoms with Crippen LogP contribution in [0.5, 0.6) is 5.75 Å². The molecular weight excluding hydrogens is 407 g/mol. The summed E-state index contributed by atoms with van der Waals surface area (Å²) in [5, 5.41) is 10.6. The molecule has 7 nitrogen and oxygen atoms in total. The lowest BCUT2D eigenvalue weighted by molar-refractivity contribution is -0.115. The molecule has 2 atom stereocenters. The topological polar surface area (TPSA) is 90.1 Å². The average molecular weight is 423 g/mol. The zero-order valence-electron chi connectivity index (χ0n) is 14.9. The van der Waals surface area contributed by atoms with E-state index in [2.05, 4.69) is 20.5 Å². The maximum absolute atomic E-state index is 13.7. The van der Waals surface area contributed by atoms with Crippen molar-refractivity contribution in [2.24, 2.45) is 0 Å². The summed E-state index contributed by atoms with van der Waals surface area (Å²) in [5.74, 6) is -0.108. The third-order valence-electron chi connectivity index (χ3n) is 3.54. The number of rotatable bonds is 7. The number of hydrogen-bond acceptors (Lipinski definition) is 7. The van der Waals surface area contributed by atoms with Crippen molar-refractivity contribution >= 4 is 35.1 Å². The van der Waals surface area contributed by atoms with Crippen LogP contribution in [0.25, 0.3) is 0 Å². The maximum atomic E-state index is 13.7. The molecule has 0 aliphatic rings. The van der Waals surface area contributed by atoms with Crippen molar-refractivity contribution in [1.29, 1.82) is 0 Å². The van der Waals surface area contributed by atoms with Gasteiger partial charge in [-0.2, -0.15) is 0 Å². The van der Waals surface area contributed by atoms with E-state index in [9.17, 15) is 9.18 Å². The number of nitrogens with zero attached hydrogens (tertiary/aromatic N) is 3. The summed E-state index contributed by atoms with van der Waals surface area (Å²) in [7, 11) is 0. The number of amides is 1. The minimum atomic E-state index is -0.652. The number of halogens is 2. The molecule has 0 unspecified atom stereocenters. The summed E-state index contributed by atoms with van der Waals surface area (Å²) < 4.78 is 24.7. The van der Waals surface area contributed by atoms with Crippen molar-refractivity contribution in [3.05, 3.63) is 59.3 Å². The molecule has 0 bridgehead atoms. The van der Waals surface area contributed by atoms with Crippen molar-refractivity contribution in [1.82, 2.24) is 15.2 Å². The minimum Gasteiger partial charge on any atom is -0.478 e. The van der Waals surface area contributed by atoms with Gasteiger partial charge in [0.25, 0.3) is 11.1 Å². The minimum absolute atomic E-state index is 0.0885. The monoisotopic (exact) mass is 422 g/mol. The number of carbonyl (C=O) groups is 1. The van der Waals surface area contributed by atoms with Crippen molar-refractivity contribution < 1.29 is 18.3 Å². The van der Waals surface area contributed by atoms with Gasteiger partial charge in [-0.3, -0.25) is 4.79 Å². The van der Waals surface area contributed by atoms with E-state index in [1.54, 1.807) is 38.1 Å². The smallest absolute Gasteiger partial charge is 0.277 e. The fourth-order valence-electron chi connectivity index (χ4n) is 2.10. The van der Waals surface area contributed by atoms with Gasteiger partial charge in [0.2, 0.25) is 5.91 Å². The largest absolute Gasteiger partial charge is 0.478 e. The summed E-state index contributed by atoms with van der Waals surface area (Å²) in [6.07, 6.45) is 0.789. The molecular formula is C18H16ClFN4O3S. The third kappa shape index (κ3) is 5.20. The first-order valence-electron chi connectivity index (χ1n) is 8.26. The number of carbonyl (C=O) groups excluding carboxylic acids is 1. The Balaban J connectivity index is 1.58. The SMILES string of the molecule is C[C@H](Sc1nnc([C@@H](C)Oc2ccccc2F)o1)C(=O)Nc1ccc(Cl)cn1. The van der Waals surface area contributed by atoms with Gasteiger partial charge in [0.1, 0.15) is 5.82 Å². The Morgan fingerprint density at radius 2 is 2.04 bits per heavy atom. The zero-order valence-corrected chi connectivity index (χ0v) is 16.5. The van der Waals surface area contributed by atoms with Crippen molar-refractivity contribution in [3.63, 3.8) is 0 Å². The van der Waals surface area contributed by atoms with Crippen LogP contribution in [0.1, 0.15) is 25.8 Å². The van der Waals surface area contributed by atoms with Gasteiger partial charge >= 0.3 is 0 Å². The molecule has 0 fully saturated rings. The van der Waals surface area contributed by atoms with E-state index in [0.29, 0.717) is 10.8 Å². The van der Waals surface area contributed by atoms with Crippen LogP contribution in [0.2, 0.25) is 5.02 Å². The second-order valence-electron chi connectivity index (χ2n) is 5.71. The van der Waals surface area contributed by atoms with Gasteiger partial charge in [0.15, 0.2) is 17.7 Å². The molecule has 1 aromatic carbocycles. The van der Waals surface area contributed by atoms with Crippen molar-refractivity contribution in [2.45, 2.75) is 30.4 Å². The summed E-state index contributed by atoms with van der Waals surface area (Å²) in [4.78, 5) is 16.3. The van der Waals surface area contributed by atoms with Crippen LogP contribution >= 0.6 is 23.4 Å². The molecule has 0 radical (unpaired) electrons. The molecule has 1 N–H and O–H groups in total. The quantitative estimate of drug-likeness (QED) is 0.560. The zero-order chi connectivity index (χ0) is 20.1. The average Bonchev–Trinajstić information content (AvgIpc) is 3.14. The molecule has 146 valence electrons. The second kappa shape index (κ2) is 9.03. The van der Waals surface area contributed by atoms with Gasteiger partial charge in [0.05, 0.1) is 10.3 Å². The fourth-order valence-corrected chi connectivity index (χ4v) is 2.90. The summed E-state index contributed by atoms with van der Waals surface area (Å²) in [6.45, 7) is 3.36. The number of para-hydroxylation sites is 1. The molecule has 0 aliphatic carbocycles. The predicted molar refractivity (Wildman–Crippen MR) is 103 cm³/mol. The van der Waals surface area contributed by atoms with Gasteiger partial charge in [0, 0.05) is 6.20 Å². The van der Waals surface area contributed by atoms with Crippen molar-refractivity contribution in [2.75, 3.05) is 5.32 Å². The molecule has 0 saturated carbocycles. The highest BCUT2D eigenvalue weighted by Crippen LogP contribution is 2.27. The number of aromatic nitrogens is 3. The van der Waals surface area contributed by atoms with Crippen LogP contribution in [-0.2, 0) is 4.79 Å². The molecule has 2 aromatic heterocycles. The molecule has 28 heavy (non-hydrogen) atoms. The molecule has 3 aromatic rings. The van der Waals surface area contributed by atoms with Gasteiger partial charge in [-0.25, -0.2) is 9.37 Å². The highest BCUT2D eigenvalue weighted by Gasteiger charge is 2.21.